The Morgan fingerprint density at radius 2 is 2.11 bits per heavy atom. The van der Waals surface area contributed by atoms with E-state index in [1.54, 1.807) is 11.8 Å². The quantitative estimate of drug-likeness (QED) is 0.798. The van der Waals surface area contributed by atoms with Crippen molar-refractivity contribution in [3.63, 3.8) is 0 Å². The van der Waals surface area contributed by atoms with Gasteiger partial charge in [-0.05, 0) is 43.9 Å². The molecule has 2 bridgehead atoms. The van der Waals surface area contributed by atoms with Crippen LogP contribution in [0.5, 0.6) is 0 Å². The van der Waals surface area contributed by atoms with Crippen molar-refractivity contribution in [3.05, 3.63) is 0 Å². The van der Waals surface area contributed by atoms with Crippen LogP contribution in [-0.4, -0.2) is 35.1 Å². The lowest BCUT2D eigenvalue weighted by atomic mass is 9.96. The van der Waals surface area contributed by atoms with Gasteiger partial charge in [-0.3, -0.25) is 9.79 Å². The Bertz CT molecular complexity index is 431. The lowest BCUT2D eigenvalue weighted by Crippen LogP contribution is -2.41. The Morgan fingerprint density at radius 3 is 2.79 bits per heavy atom. The fourth-order valence-corrected chi connectivity index (χ4v) is 5.29. The third-order valence-electron chi connectivity index (χ3n) is 5.21. The van der Waals surface area contributed by atoms with Crippen molar-refractivity contribution in [2.24, 2.45) is 16.8 Å². The first-order chi connectivity index (χ1) is 9.25. The van der Waals surface area contributed by atoms with Crippen LogP contribution in [-0.2, 0) is 9.53 Å². The molecule has 4 fully saturated rings. The summed E-state index contributed by atoms with van der Waals surface area (Å²) in [6.45, 7) is 1.39. The predicted octanol–water partition coefficient (Wildman–Crippen LogP) is 1.94. The highest BCUT2D eigenvalue weighted by Gasteiger charge is 2.48. The molecule has 3 atom stereocenters. The molecule has 1 N–H and O–H groups in total. The van der Waals surface area contributed by atoms with Gasteiger partial charge in [-0.15, -0.1) is 0 Å². The number of aliphatic imine (C=N–C) groups is 1. The second-order valence-electron chi connectivity index (χ2n) is 6.34. The molecule has 2 aliphatic heterocycles. The monoisotopic (exact) mass is 280 g/mol. The van der Waals surface area contributed by atoms with Crippen LogP contribution in [0.1, 0.15) is 38.5 Å². The molecule has 0 aromatic heterocycles. The minimum Gasteiger partial charge on any atom is -0.381 e. The third kappa shape index (κ3) is 2.02. The maximum atomic E-state index is 12.2. The molecule has 0 unspecified atom stereocenters. The van der Waals surface area contributed by atoms with Gasteiger partial charge in [-0.1, -0.05) is 18.2 Å². The van der Waals surface area contributed by atoms with Crippen molar-refractivity contribution < 1.29 is 9.53 Å². The predicted molar refractivity (Wildman–Crippen MR) is 75.2 cm³/mol. The second-order valence-corrected chi connectivity index (χ2v) is 7.71. The summed E-state index contributed by atoms with van der Waals surface area (Å²) < 4.78 is 5.10. The van der Waals surface area contributed by atoms with E-state index in [-0.39, 0.29) is 10.7 Å². The molecule has 2 saturated carbocycles. The second kappa shape index (κ2) is 4.48. The Hall–Kier alpha value is -0.550. The summed E-state index contributed by atoms with van der Waals surface area (Å²) in [5, 5.41) is 3.90. The van der Waals surface area contributed by atoms with Gasteiger partial charge in [0.15, 0.2) is 5.17 Å². The molecule has 0 aromatic rings. The molecule has 0 aromatic carbocycles. The number of amides is 1. The van der Waals surface area contributed by atoms with Crippen LogP contribution < -0.4 is 5.32 Å². The van der Waals surface area contributed by atoms with Crippen molar-refractivity contribution in [2.45, 2.75) is 49.3 Å². The van der Waals surface area contributed by atoms with Gasteiger partial charge < -0.3 is 10.1 Å². The SMILES string of the molecule is O=C1NC(=N[C@@H]2C[C@@H]3CC[C@@H]2C3)SC12CCOCC2. The summed E-state index contributed by atoms with van der Waals surface area (Å²) in [6, 6.07) is 0.469. The molecule has 4 aliphatic rings. The number of fused-ring (bicyclic) bond motifs is 2. The highest BCUT2D eigenvalue weighted by molar-refractivity contribution is 8.16. The molecule has 4 rings (SSSR count). The zero-order chi connectivity index (χ0) is 12.9. The number of amidine groups is 1. The normalized spacial score (nSPS) is 42.2. The molecular weight excluding hydrogens is 260 g/mol. The molecule has 19 heavy (non-hydrogen) atoms. The van der Waals surface area contributed by atoms with Crippen LogP contribution in [0, 0.1) is 11.8 Å². The largest absolute Gasteiger partial charge is 0.381 e. The van der Waals surface area contributed by atoms with Crippen LogP contribution in [0.2, 0.25) is 0 Å². The molecule has 2 saturated heterocycles. The van der Waals surface area contributed by atoms with Gasteiger partial charge in [0.1, 0.15) is 4.75 Å². The van der Waals surface area contributed by atoms with Gasteiger partial charge in [0.2, 0.25) is 5.91 Å². The average molecular weight is 280 g/mol. The molecule has 104 valence electrons. The fraction of sp³-hybridized carbons (Fsp3) is 0.857. The highest BCUT2D eigenvalue weighted by atomic mass is 32.2. The Labute approximate surface area is 117 Å². The van der Waals surface area contributed by atoms with Gasteiger partial charge in [0.25, 0.3) is 0 Å². The Balaban J connectivity index is 1.50. The number of hydrogen-bond acceptors (Lipinski definition) is 4. The molecule has 4 nitrogen and oxygen atoms in total. The summed E-state index contributed by atoms with van der Waals surface area (Å²) in [5.41, 5.74) is 0. The van der Waals surface area contributed by atoms with Crippen molar-refractivity contribution in [1.29, 1.82) is 0 Å². The standard InChI is InChI=1S/C14H20N2O2S/c17-12-14(3-5-18-6-4-14)19-13(16-12)15-11-8-9-1-2-10(11)7-9/h9-11H,1-8H2,(H,15,16,17)/t9-,10-,11-/m1/s1. The first-order valence-electron chi connectivity index (χ1n) is 7.41. The molecule has 2 aliphatic carbocycles. The maximum Gasteiger partial charge on any atom is 0.242 e. The van der Waals surface area contributed by atoms with E-state index in [2.05, 4.69) is 5.32 Å². The maximum absolute atomic E-state index is 12.2. The number of carbonyl (C=O) groups is 1. The van der Waals surface area contributed by atoms with Gasteiger partial charge in [-0.2, -0.15) is 0 Å². The topological polar surface area (TPSA) is 50.7 Å². The lowest BCUT2D eigenvalue weighted by Gasteiger charge is -2.28. The summed E-state index contributed by atoms with van der Waals surface area (Å²) in [4.78, 5) is 17.1. The number of nitrogens with one attached hydrogen (secondary N) is 1. The Morgan fingerprint density at radius 1 is 1.26 bits per heavy atom. The zero-order valence-corrected chi connectivity index (χ0v) is 11.9. The minimum absolute atomic E-state index is 0.155. The van der Waals surface area contributed by atoms with Crippen molar-refractivity contribution in [1.82, 2.24) is 5.32 Å². The smallest absolute Gasteiger partial charge is 0.242 e. The van der Waals surface area contributed by atoms with Crippen LogP contribution in [0.4, 0.5) is 0 Å². The number of ether oxygens (including phenoxy) is 1. The van der Waals surface area contributed by atoms with Crippen LogP contribution in [0.25, 0.3) is 0 Å². The van der Waals surface area contributed by atoms with Gasteiger partial charge in [0.05, 0.1) is 6.04 Å². The van der Waals surface area contributed by atoms with E-state index < -0.39 is 0 Å². The van der Waals surface area contributed by atoms with Gasteiger partial charge in [0, 0.05) is 13.2 Å². The van der Waals surface area contributed by atoms with Crippen LogP contribution in [0.3, 0.4) is 0 Å². The molecular formula is C14H20N2O2S. The van der Waals surface area contributed by atoms with E-state index in [0.29, 0.717) is 19.3 Å². The molecule has 0 radical (unpaired) electrons. The summed E-state index contributed by atoms with van der Waals surface area (Å²) >= 11 is 1.67. The third-order valence-corrected chi connectivity index (χ3v) is 6.60. The summed E-state index contributed by atoms with van der Waals surface area (Å²) in [6.07, 6.45) is 6.97. The molecule has 1 spiro atoms. The lowest BCUT2D eigenvalue weighted by molar-refractivity contribution is -0.123. The van der Waals surface area contributed by atoms with Crippen LogP contribution in [0.15, 0.2) is 4.99 Å². The number of carbonyl (C=O) groups excluding carboxylic acids is 1. The van der Waals surface area contributed by atoms with E-state index in [1.807, 2.05) is 0 Å². The number of thioether (sulfide) groups is 1. The zero-order valence-electron chi connectivity index (χ0n) is 11.1. The first-order valence-corrected chi connectivity index (χ1v) is 8.23. The van der Waals surface area contributed by atoms with E-state index in [9.17, 15) is 4.79 Å². The van der Waals surface area contributed by atoms with Gasteiger partial charge in [-0.25, -0.2) is 0 Å². The van der Waals surface area contributed by atoms with Crippen LogP contribution >= 0.6 is 11.8 Å². The van der Waals surface area contributed by atoms with Gasteiger partial charge >= 0.3 is 0 Å². The molecule has 1 amide bonds. The molecule has 5 heteroatoms. The van der Waals surface area contributed by atoms with E-state index in [4.69, 9.17) is 9.73 Å². The molecule has 2 heterocycles. The van der Waals surface area contributed by atoms with Crippen molar-refractivity contribution in [2.75, 3.05) is 13.2 Å². The fourth-order valence-electron chi connectivity index (χ4n) is 4.08. The number of nitrogens with zero attached hydrogens (tertiary/aromatic N) is 1. The van der Waals surface area contributed by atoms with Crippen molar-refractivity contribution in [3.8, 4) is 0 Å². The summed E-state index contributed by atoms with van der Waals surface area (Å²) in [7, 11) is 0. The number of rotatable bonds is 1. The average Bonchev–Trinajstić information content (AvgIpc) is 3.08. The minimum atomic E-state index is -0.283. The number of hydrogen-bond donors (Lipinski definition) is 1. The first kappa shape index (κ1) is 12.2. The summed E-state index contributed by atoms with van der Waals surface area (Å²) in [5.74, 6) is 1.84. The van der Waals surface area contributed by atoms with E-state index in [1.165, 1.54) is 25.7 Å². The van der Waals surface area contributed by atoms with E-state index in [0.717, 1.165) is 29.8 Å². The van der Waals surface area contributed by atoms with E-state index >= 15 is 0 Å². The highest BCUT2D eigenvalue weighted by Crippen LogP contribution is 2.47. The van der Waals surface area contributed by atoms with Crippen molar-refractivity contribution >= 4 is 22.8 Å². The Kier molecular flexibility index (Phi) is 2.88.